The van der Waals surface area contributed by atoms with Crippen molar-refractivity contribution >= 4 is 0 Å². The second-order valence-corrected chi connectivity index (χ2v) is 2.02. The highest BCUT2D eigenvalue weighted by atomic mass is 16.6. The predicted octanol–water partition coefficient (Wildman–Crippen LogP) is 0.376. The van der Waals surface area contributed by atoms with Crippen molar-refractivity contribution in [3.63, 3.8) is 0 Å². The van der Waals surface area contributed by atoms with Gasteiger partial charge in [0.2, 0.25) is 0 Å². The van der Waals surface area contributed by atoms with E-state index >= 15 is 0 Å². The zero-order chi connectivity index (χ0) is 9.82. The van der Waals surface area contributed by atoms with Gasteiger partial charge in [-0.15, -0.1) is 0 Å². The molecule has 4 heteroatoms. The molecule has 0 saturated carbocycles. The van der Waals surface area contributed by atoms with Crippen molar-refractivity contribution in [1.82, 2.24) is 0 Å². The van der Waals surface area contributed by atoms with E-state index in [2.05, 4.69) is 4.74 Å². The van der Waals surface area contributed by atoms with Crippen LogP contribution in [0.1, 0.15) is 20.3 Å². The molecule has 0 fully saturated rings. The van der Waals surface area contributed by atoms with Crippen LogP contribution in [0.5, 0.6) is 0 Å². The second kappa shape index (κ2) is 13.4. The minimum Gasteiger partial charge on any atom is -0.394 e. The number of hydrogen-bond donors (Lipinski definition) is 2. The molecule has 0 rings (SSSR count). The Morgan fingerprint density at radius 3 is 2.00 bits per heavy atom. The highest BCUT2D eigenvalue weighted by molar-refractivity contribution is 4.26. The smallest absolute Gasteiger partial charge is 0.153 e. The van der Waals surface area contributed by atoms with Gasteiger partial charge < -0.3 is 19.7 Å². The first-order valence-corrected chi connectivity index (χ1v) is 4.12. The lowest BCUT2D eigenvalue weighted by Crippen LogP contribution is -2.05. The molecule has 0 aromatic carbocycles. The normalized spacial score (nSPS) is 11.8. The van der Waals surface area contributed by atoms with Gasteiger partial charge in [0, 0.05) is 13.7 Å². The first-order chi connectivity index (χ1) is 5.72. The maximum absolute atomic E-state index is 8.44. The summed E-state index contributed by atoms with van der Waals surface area (Å²) in [6, 6.07) is 0. The Kier molecular flexibility index (Phi) is 16.1. The molecule has 0 aliphatic rings. The van der Waals surface area contributed by atoms with Crippen LogP contribution < -0.4 is 0 Å². The highest BCUT2D eigenvalue weighted by Gasteiger charge is 1.90. The number of ether oxygens (including phenoxy) is 2. The topological polar surface area (TPSA) is 58.9 Å². The summed E-state index contributed by atoms with van der Waals surface area (Å²) in [5.41, 5.74) is 0. The zero-order valence-electron chi connectivity index (χ0n) is 8.12. The molecule has 0 bridgehead atoms. The molecule has 4 nitrogen and oxygen atoms in total. The van der Waals surface area contributed by atoms with Crippen molar-refractivity contribution in [1.29, 1.82) is 0 Å². The van der Waals surface area contributed by atoms with Gasteiger partial charge in [0.1, 0.15) is 0 Å². The Bertz CT molecular complexity index is 60.1. The summed E-state index contributed by atoms with van der Waals surface area (Å²) >= 11 is 0. The third kappa shape index (κ3) is 16.4. The Labute approximate surface area is 74.1 Å². The predicted molar refractivity (Wildman–Crippen MR) is 46.9 cm³/mol. The van der Waals surface area contributed by atoms with Gasteiger partial charge in [-0.25, -0.2) is 0 Å². The molecule has 2 N–H and O–H groups in total. The largest absolute Gasteiger partial charge is 0.394 e. The van der Waals surface area contributed by atoms with E-state index in [1.807, 2.05) is 13.8 Å². The number of hydrogen-bond acceptors (Lipinski definition) is 4. The fraction of sp³-hybridized carbons (Fsp3) is 1.00. The van der Waals surface area contributed by atoms with Crippen LogP contribution in [0.3, 0.4) is 0 Å². The maximum Gasteiger partial charge on any atom is 0.153 e. The van der Waals surface area contributed by atoms with Crippen molar-refractivity contribution in [2.24, 2.45) is 0 Å². The van der Waals surface area contributed by atoms with Crippen LogP contribution in [0.15, 0.2) is 0 Å². The van der Waals surface area contributed by atoms with Crippen LogP contribution in [-0.4, -0.2) is 43.4 Å². The number of aliphatic hydroxyl groups is 2. The molecule has 1 atom stereocenters. The molecule has 0 spiro atoms. The molecule has 0 aliphatic heterocycles. The Balaban J connectivity index is 0. The standard InChI is InChI=1S/2C4H10O2/c1-3-4(5)6-2;1-2-6-4-3-5/h4-5H,3H2,1-2H3;5H,2-4H2,1H3. The van der Waals surface area contributed by atoms with Crippen LogP contribution in [-0.2, 0) is 9.47 Å². The third-order valence-electron chi connectivity index (χ3n) is 1.06. The molecule has 0 aromatic rings. The molecule has 12 heavy (non-hydrogen) atoms. The SMILES string of the molecule is CCC(O)OC.CCOCCO. The second-order valence-electron chi connectivity index (χ2n) is 2.02. The molecule has 0 saturated heterocycles. The molecule has 0 aliphatic carbocycles. The average molecular weight is 180 g/mol. The van der Waals surface area contributed by atoms with Crippen LogP contribution in [0.2, 0.25) is 0 Å². The van der Waals surface area contributed by atoms with Gasteiger partial charge in [-0.1, -0.05) is 6.92 Å². The molecule has 76 valence electrons. The van der Waals surface area contributed by atoms with Gasteiger partial charge in [0.15, 0.2) is 6.29 Å². The van der Waals surface area contributed by atoms with Gasteiger partial charge in [-0.2, -0.15) is 0 Å². The van der Waals surface area contributed by atoms with Crippen molar-refractivity contribution in [3.8, 4) is 0 Å². The first-order valence-electron chi connectivity index (χ1n) is 4.12. The van der Waals surface area contributed by atoms with Crippen LogP contribution in [0.4, 0.5) is 0 Å². The van der Waals surface area contributed by atoms with Crippen LogP contribution >= 0.6 is 0 Å². The molecular weight excluding hydrogens is 160 g/mol. The van der Waals surface area contributed by atoms with Crippen LogP contribution in [0.25, 0.3) is 0 Å². The Morgan fingerprint density at radius 2 is 1.92 bits per heavy atom. The highest BCUT2D eigenvalue weighted by Crippen LogP contribution is 1.85. The summed E-state index contributed by atoms with van der Waals surface area (Å²) < 4.78 is 9.19. The van der Waals surface area contributed by atoms with Crippen molar-refractivity contribution in [3.05, 3.63) is 0 Å². The van der Waals surface area contributed by atoms with Gasteiger partial charge in [-0.05, 0) is 13.3 Å². The maximum atomic E-state index is 8.44. The quantitative estimate of drug-likeness (QED) is 0.474. The number of methoxy groups -OCH3 is 1. The zero-order valence-corrected chi connectivity index (χ0v) is 8.12. The van der Waals surface area contributed by atoms with Crippen LogP contribution in [0, 0.1) is 0 Å². The molecule has 0 aromatic heterocycles. The van der Waals surface area contributed by atoms with Gasteiger partial charge in [-0.3, -0.25) is 0 Å². The van der Waals surface area contributed by atoms with Gasteiger partial charge >= 0.3 is 0 Å². The van der Waals surface area contributed by atoms with E-state index in [4.69, 9.17) is 14.9 Å². The summed E-state index contributed by atoms with van der Waals surface area (Å²) in [5, 5.41) is 16.5. The van der Waals surface area contributed by atoms with Crippen molar-refractivity contribution in [2.45, 2.75) is 26.6 Å². The van der Waals surface area contributed by atoms with E-state index in [0.29, 0.717) is 19.6 Å². The molecule has 0 radical (unpaired) electrons. The van der Waals surface area contributed by atoms with E-state index in [1.165, 1.54) is 7.11 Å². The van der Waals surface area contributed by atoms with E-state index < -0.39 is 6.29 Å². The first kappa shape index (κ1) is 14.4. The minimum atomic E-state index is -0.565. The molecule has 0 heterocycles. The third-order valence-corrected chi connectivity index (χ3v) is 1.06. The lowest BCUT2D eigenvalue weighted by molar-refractivity contribution is -0.0748. The van der Waals surface area contributed by atoms with Crippen molar-refractivity contribution < 1.29 is 19.7 Å². The fourth-order valence-corrected chi connectivity index (χ4v) is 0.376. The monoisotopic (exact) mass is 180 g/mol. The summed E-state index contributed by atoms with van der Waals surface area (Å²) in [6.45, 7) is 5.05. The van der Waals surface area contributed by atoms with E-state index in [-0.39, 0.29) is 6.61 Å². The lowest BCUT2D eigenvalue weighted by atomic mass is 10.5. The van der Waals surface area contributed by atoms with Crippen molar-refractivity contribution in [2.75, 3.05) is 26.9 Å². The fourth-order valence-electron chi connectivity index (χ4n) is 0.376. The summed E-state index contributed by atoms with van der Waals surface area (Å²) in [6.07, 6.45) is 0.0984. The van der Waals surface area contributed by atoms with E-state index in [0.717, 1.165) is 0 Å². The summed E-state index contributed by atoms with van der Waals surface area (Å²) in [4.78, 5) is 0. The average Bonchev–Trinajstić information content (AvgIpc) is 2.14. The van der Waals surface area contributed by atoms with Gasteiger partial charge in [0.25, 0.3) is 0 Å². The summed E-state index contributed by atoms with van der Waals surface area (Å²) in [5.74, 6) is 0. The molecule has 1 unspecified atom stereocenters. The molecule has 0 amide bonds. The summed E-state index contributed by atoms with van der Waals surface area (Å²) in [7, 11) is 1.48. The number of rotatable bonds is 5. The Morgan fingerprint density at radius 1 is 1.33 bits per heavy atom. The van der Waals surface area contributed by atoms with E-state index in [9.17, 15) is 0 Å². The Hall–Kier alpha value is -0.160. The van der Waals surface area contributed by atoms with Gasteiger partial charge in [0.05, 0.1) is 13.2 Å². The number of aliphatic hydroxyl groups excluding tert-OH is 2. The lowest BCUT2D eigenvalue weighted by Gasteiger charge is -2.00. The minimum absolute atomic E-state index is 0.133. The van der Waals surface area contributed by atoms with E-state index in [1.54, 1.807) is 0 Å². The molecular formula is C8H20O4.